The third kappa shape index (κ3) is 3.57. The van der Waals surface area contributed by atoms with E-state index in [9.17, 15) is 4.79 Å². The lowest BCUT2D eigenvalue weighted by atomic mass is 9.84. The maximum absolute atomic E-state index is 12.1. The van der Waals surface area contributed by atoms with Crippen molar-refractivity contribution in [2.45, 2.75) is 43.5 Å². The van der Waals surface area contributed by atoms with Crippen LogP contribution < -0.4 is 5.32 Å². The summed E-state index contributed by atoms with van der Waals surface area (Å²) in [6.45, 7) is 2.17. The van der Waals surface area contributed by atoms with E-state index < -0.39 is 0 Å². The Morgan fingerprint density at radius 1 is 1.38 bits per heavy atom. The highest BCUT2D eigenvalue weighted by Crippen LogP contribution is 2.49. The zero-order valence-electron chi connectivity index (χ0n) is 12.3. The third-order valence-corrected chi connectivity index (χ3v) is 6.53. The Balaban J connectivity index is 1.47. The van der Waals surface area contributed by atoms with Gasteiger partial charge in [-0.15, -0.1) is 11.8 Å². The lowest BCUT2D eigenvalue weighted by Gasteiger charge is -2.28. The fourth-order valence-corrected chi connectivity index (χ4v) is 5.06. The fraction of sp³-hybridized carbons (Fsp3) is 0.588. The van der Waals surface area contributed by atoms with Gasteiger partial charge in [-0.1, -0.05) is 30.2 Å². The van der Waals surface area contributed by atoms with E-state index in [1.807, 2.05) is 24.3 Å². The highest BCUT2D eigenvalue weighted by molar-refractivity contribution is 8.00. The number of rotatable bonds is 5. The molecular formula is C17H22ClNOS. The first-order chi connectivity index (χ1) is 10.1. The maximum atomic E-state index is 12.1. The van der Waals surface area contributed by atoms with Crippen molar-refractivity contribution < 1.29 is 4.79 Å². The van der Waals surface area contributed by atoms with E-state index in [1.54, 1.807) is 0 Å². The molecule has 0 unspecified atom stereocenters. The molecule has 114 valence electrons. The summed E-state index contributed by atoms with van der Waals surface area (Å²) in [4.78, 5) is 13.1. The lowest BCUT2D eigenvalue weighted by Crippen LogP contribution is -2.40. The van der Waals surface area contributed by atoms with Gasteiger partial charge in [0.15, 0.2) is 0 Å². The van der Waals surface area contributed by atoms with Gasteiger partial charge < -0.3 is 5.32 Å². The molecule has 2 aliphatic carbocycles. The average molecular weight is 324 g/mol. The monoisotopic (exact) mass is 323 g/mol. The second-order valence-electron chi connectivity index (χ2n) is 6.41. The van der Waals surface area contributed by atoms with Gasteiger partial charge in [0.05, 0.1) is 10.8 Å². The number of hydrogen-bond donors (Lipinski definition) is 1. The number of hydrogen-bond acceptors (Lipinski definition) is 2. The van der Waals surface area contributed by atoms with Crippen LogP contribution in [-0.4, -0.2) is 17.7 Å². The molecule has 0 saturated heterocycles. The van der Waals surface area contributed by atoms with Crippen LogP contribution in [0.15, 0.2) is 29.2 Å². The van der Waals surface area contributed by atoms with Crippen molar-refractivity contribution in [3.63, 3.8) is 0 Å². The van der Waals surface area contributed by atoms with Crippen LogP contribution in [0.2, 0.25) is 5.02 Å². The Kier molecular flexibility index (Phi) is 4.80. The number of nitrogens with one attached hydrogen (secondary N) is 1. The third-order valence-electron chi connectivity index (χ3n) is 5.02. The van der Waals surface area contributed by atoms with Gasteiger partial charge >= 0.3 is 0 Å². The average Bonchev–Trinajstić information content (AvgIpc) is 3.09. The molecule has 3 rings (SSSR count). The van der Waals surface area contributed by atoms with Gasteiger partial charge in [-0.2, -0.15) is 0 Å². The Bertz CT molecular complexity index is 521. The summed E-state index contributed by atoms with van der Waals surface area (Å²) in [6.07, 6.45) is 5.47. The predicted octanol–water partition coefficient (Wildman–Crippen LogP) is 4.37. The summed E-state index contributed by atoms with van der Waals surface area (Å²) in [5.41, 5.74) is 0. The molecule has 1 aromatic carbocycles. The molecule has 0 spiro atoms. The van der Waals surface area contributed by atoms with E-state index in [2.05, 4.69) is 12.2 Å². The summed E-state index contributed by atoms with van der Waals surface area (Å²) >= 11 is 7.62. The quantitative estimate of drug-likeness (QED) is 0.815. The van der Waals surface area contributed by atoms with E-state index in [-0.39, 0.29) is 5.91 Å². The topological polar surface area (TPSA) is 29.1 Å². The second kappa shape index (κ2) is 6.62. The summed E-state index contributed by atoms with van der Waals surface area (Å²) < 4.78 is 0. The number of thioether (sulfide) groups is 1. The zero-order chi connectivity index (χ0) is 14.8. The molecule has 2 fully saturated rings. The van der Waals surface area contributed by atoms with E-state index in [1.165, 1.54) is 37.4 Å². The summed E-state index contributed by atoms with van der Waals surface area (Å²) in [6, 6.07) is 7.98. The van der Waals surface area contributed by atoms with Crippen LogP contribution in [0.4, 0.5) is 0 Å². The van der Waals surface area contributed by atoms with Gasteiger partial charge in [0.2, 0.25) is 5.91 Å². The van der Waals surface area contributed by atoms with Gasteiger partial charge in [-0.05, 0) is 56.1 Å². The highest BCUT2D eigenvalue weighted by atomic mass is 35.5. The van der Waals surface area contributed by atoms with E-state index in [0.29, 0.717) is 17.7 Å². The van der Waals surface area contributed by atoms with E-state index >= 15 is 0 Å². The number of benzene rings is 1. The molecule has 1 amide bonds. The predicted molar refractivity (Wildman–Crippen MR) is 88.7 cm³/mol. The molecular weight excluding hydrogens is 302 g/mol. The summed E-state index contributed by atoms with van der Waals surface area (Å²) in [7, 11) is 0. The Hall–Kier alpha value is -0.670. The first-order valence-corrected chi connectivity index (χ1v) is 9.16. The Morgan fingerprint density at radius 3 is 2.86 bits per heavy atom. The molecule has 21 heavy (non-hydrogen) atoms. The van der Waals surface area contributed by atoms with Crippen molar-refractivity contribution in [1.82, 2.24) is 5.32 Å². The molecule has 4 atom stereocenters. The number of halogens is 1. The molecule has 1 N–H and O–H groups in total. The molecule has 0 aromatic heterocycles. The van der Waals surface area contributed by atoms with Crippen LogP contribution in [0.25, 0.3) is 0 Å². The number of fused-ring (bicyclic) bond motifs is 2. The van der Waals surface area contributed by atoms with Crippen LogP contribution in [0, 0.1) is 17.8 Å². The number of carbonyl (C=O) groups is 1. The molecule has 4 heteroatoms. The standard InChI is InChI=1S/C17H22ClNOS/c1-11(14-9-12-6-7-13(14)8-12)19-17(20)10-21-16-5-3-2-4-15(16)18/h2-5,11-14H,6-10H2,1H3,(H,19,20)/t11-,12+,13+,14-/m1/s1. The largest absolute Gasteiger partial charge is 0.353 e. The molecule has 1 aromatic rings. The van der Waals surface area contributed by atoms with Gasteiger partial charge in [0.1, 0.15) is 0 Å². The summed E-state index contributed by atoms with van der Waals surface area (Å²) in [5, 5.41) is 3.91. The van der Waals surface area contributed by atoms with E-state index in [4.69, 9.17) is 11.6 Å². The molecule has 0 radical (unpaired) electrons. The smallest absolute Gasteiger partial charge is 0.230 e. The maximum Gasteiger partial charge on any atom is 0.230 e. The number of amides is 1. The van der Waals surface area contributed by atoms with Crippen molar-refractivity contribution in [2.75, 3.05) is 5.75 Å². The highest BCUT2D eigenvalue weighted by Gasteiger charge is 2.42. The minimum atomic E-state index is 0.121. The van der Waals surface area contributed by atoms with Crippen molar-refractivity contribution >= 4 is 29.3 Å². The first kappa shape index (κ1) is 15.2. The van der Waals surface area contributed by atoms with Crippen LogP contribution in [0.5, 0.6) is 0 Å². The van der Waals surface area contributed by atoms with Crippen molar-refractivity contribution in [1.29, 1.82) is 0 Å². The molecule has 2 saturated carbocycles. The van der Waals surface area contributed by atoms with Crippen LogP contribution >= 0.6 is 23.4 Å². The Labute approximate surface area is 136 Å². The molecule has 0 aliphatic heterocycles. The number of carbonyl (C=O) groups excluding carboxylic acids is 1. The second-order valence-corrected chi connectivity index (χ2v) is 7.84. The SMILES string of the molecule is C[C@@H](NC(=O)CSc1ccccc1Cl)[C@H]1C[C@H]2CC[C@H]1C2. The minimum Gasteiger partial charge on any atom is -0.353 e. The summed E-state index contributed by atoms with van der Waals surface area (Å²) in [5.74, 6) is 3.03. The molecule has 0 heterocycles. The van der Waals surface area contributed by atoms with Crippen molar-refractivity contribution in [2.24, 2.45) is 17.8 Å². The van der Waals surface area contributed by atoms with Gasteiger partial charge in [-0.3, -0.25) is 4.79 Å². The zero-order valence-corrected chi connectivity index (χ0v) is 13.9. The molecule has 2 nitrogen and oxygen atoms in total. The normalized spacial score (nSPS) is 28.6. The molecule has 2 aliphatic rings. The van der Waals surface area contributed by atoms with E-state index in [0.717, 1.165) is 21.8 Å². The van der Waals surface area contributed by atoms with Gasteiger partial charge in [0, 0.05) is 10.9 Å². The lowest BCUT2D eigenvalue weighted by molar-refractivity contribution is -0.119. The van der Waals surface area contributed by atoms with Crippen LogP contribution in [0.3, 0.4) is 0 Å². The minimum absolute atomic E-state index is 0.121. The van der Waals surface area contributed by atoms with Crippen molar-refractivity contribution in [3.8, 4) is 0 Å². The van der Waals surface area contributed by atoms with Crippen LogP contribution in [0.1, 0.15) is 32.6 Å². The first-order valence-electron chi connectivity index (χ1n) is 7.80. The Morgan fingerprint density at radius 2 is 2.19 bits per heavy atom. The molecule has 2 bridgehead atoms. The van der Waals surface area contributed by atoms with Crippen molar-refractivity contribution in [3.05, 3.63) is 29.3 Å². The van der Waals surface area contributed by atoms with Crippen LogP contribution in [-0.2, 0) is 4.79 Å². The fourth-order valence-electron chi connectivity index (χ4n) is 4.01. The van der Waals surface area contributed by atoms with Gasteiger partial charge in [-0.25, -0.2) is 0 Å². The van der Waals surface area contributed by atoms with Gasteiger partial charge in [0.25, 0.3) is 0 Å².